The van der Waals surface area contributed by atoms with Crippen LogP contribution in [0.4, 0.5) is 0 Å². The minimum Gasteiger partial charge on any atom is -0.344 e. The molecule has 2 aliphatic rings. The van der Waals surface area contributed by atoms with E-state index in [9.17, 15) is 0 Å². The molecule has 1 atom stereocenters. The SMILES string of the molecule is SCC1=NC2C=CC=CC(=C2)N1. The van der Waals surface area contributed by atoms with Gasteiger partial charge in [0, 0.05) is 11.4 Å². The van der Waals surface area contributed by atoms with Crippen LogP contribution in [0.3, 0.4) is 0 Å². The van der Waals surface area contributed by atoms with Gasteiger partial charge in [0.2, 0.25) is 0 Å². The van der Waals surface area contributed by atoms with Gasteiger partial charge in [0.15, 0.2) is 0 Å². The standard InChI is InChI=1S/C9H10N2S/c12-6-9-10-7-3-1-2-4-8(5-7)11-9/h1-5,7,12H,6H2,(H,10,11). The number of nitrogens with zero attached hydrogens (tertiary/aromatic N) is 1. The van der Waals surface area contributed by atoms with Crippen LogP contribution in [0.25, 0.3) is 0 Å². The van der Waals surface area contributed by atoms with E-state index in [2.05, 4.69) is 35.1 Å². The van der Waals surface area contributed by atoms with Crippen LogP contribution in [-0.4, -0.2) is 17.6 Å². The molecule has 1 N–H and O–H groups in total. The van der Waals surface area contributed by atoms with Gasteiger partial charge in [-0.1, -0.05) is 18.2 Å². The van der Waals surface area contributed by atoms with Gasteiger partial charge in [0.1, 0.15) is 5.84 Å². The Labute approximate surface area is 77.2 Å². The fraction of sp³-hybridized carbons (Fsp3) is 0.222. The summed E-state index contributed by atoms with van der Waals surface area (Å²) in [4.78, 5) is 4.41. The largest absolute Gasteiger partial charge is 0.344 e. The zero-order valence-electron chi connectivity index (χ0n) is 6.57. The van der Waals surface area contributed by atoms with Crippen molar-refractivity contribution in [3.8, 4) is 0 Å². The summed E-state index contributed by atoms with van der Waals surface area (Å²) in [5.74, 6) is 1.60. The van der Waals surface area contributed by atoms with E-state index in [1.807, 2.05) is 18.2 Å². The van der Waals surface area contributed by atoms with Crippen LogP contribution < -0.4 is 5.32 Å². The molecule has 0 radical (unpaired) electrons. The third-order valence-corrected chi connectivity index (χ3v) is 2.09. The molecule has 12 heavy (non-hydrogen) atoms. The maximum atomic E-state index is 4.41. The summed E-state index contributed by atoms with van der Waals surface area (Å²) in [6.07, 6.45) is 10.2. The van der Waals surface area contributed by atoms with E-state index >= 15 is 0 Å². The van der Waals surface area contributed by atoms with Gasteiger partial charge in [0.25, 0.3) is 0 Å². The lowest BCUT2D eigenvalue weighted by atomic mass is 10.2. The highest BCUT2D eigenvalue weighted by Crippen LogP contribution is 2.11. The Morgan fingerprint density at radius 1 is 1.50 bits per heavy atom. The first-order chi connectivity index (χ1) is 5.88. The average molecular weight is 178 g/mol. The van der Waals surface area contributed by atoms with Crippen LogP contribution in [0.5, 0.6) is 0 Å². The number of allylic oxidation sites excluding steroid dienone is 3. The Hall–Kier alpha value is -0.960. The molecule has 0 saturated carbocycles. The molecule has 1 aliphatic heterocycles. The van der Waals surface area contributed by atoms with Crippen molar-refractivity contribution in [1.29, 1.82) is 0 Å². The molecule has 1 aliphatic carbocycles. The van der Waals surface area contributed by atoms with Crippen LogP contribution in [0.15, 0.2) is 41.1 Å². The third-order valence-electron chi connectivity index (χ3n) is 1.79. The molecule has 1 unspecified atom stereocenters. The maximum absolute atomic E-state index is 4.41. The maximum Gasteiger partial charge on any atom is 0.112 e. The summed E-state index contributed by atoms with van der Waals surface area (Å²) >= 11 is 4.17. The zero-order valence-corrected chi connectivity index (χ0v) is 7.46. The quantitative estimate of drug-likeness (QED) is 0.581. The van der Waals surface area contributed by atoms with Gasteiger partial charge in [-0.2, -0.15) is 12.6 Å². The molecule has 2 bridgehead atoms. The van der Waals surface area contributed by atoms with Crippen molar-refractivity contribution >= 4 is 18.5 Å². The minimum atomic E-state index is 0.193. The molecule has 0 aromatic carbocycles. The van der Waals surface area contributed by atoms with Crippen LogP contribution >= 0.6 is 12.6 Å². The molecule has 0 aromatic rings. The highest BCUT2D eigenvalue weighted by molar-refractivity contribution is 7.81. The summed E-state index contributed by atoms with van der Waals surface area (Å²) in [6, 6.07) is 0.193. The van der Waals surface area contributed by atoms with Gasteiger partial charge in [-0.25, -0.2) is 0 Å². The van der Waals surface area contributed by atoms with Gasteiger partial charge >= 0.3 is 0 Å². The molecule has 2 nitrogen and oxygen atoms in total. The van der Waals surface area contributed by atoms with Crippen molar-refractivity contribution in [3.63, 3.8) is 0 Å². The van der Waals surface area contributed by atoms with Gasteiger partial charge in [0.05, 0.1) is 6.04 Å². The van der Waals surface area contributed by atoms with Gasteiger partial charge in [-0.15, -0.1) is 0 Å². The number of hydrogen-bond acceptors (Lipinski definition) is 3. The van der Waals surface area contributed by atoms with E-state index < -0.39 is 0 Å². The summed E-state index contributed by atoms with van der Waals surface area (Å²) < 4.78 is 0. The smallest absolute Gasteiger partial charge is 0.112 e. The lowest BCUT2D eigenvalue weighted by molar-refractivity contribution is 0.940. The van der Waals surface area contributed by atoms with E-state index in [0.29, 0.717) is 5.75 Å². The molecule has 0 saturated heterocycles. The van der Waals surface area contributed by atoms with E-state index in [4.69, 9.17) is 0 Å². The number of rotatable bonds is 1. The second-order valence-corrected chi connectivity index (χ2v) is 3.03. The number of nitrogens with one attached hydrogen (secondary N) is 1. The molecular weight excluding hydrogens is 168 g/mol. The van der Waals surface area contributed by atoms with Gasteiger partial charge < -0.3 is 5.32 Å². The summed E-state index contributed by atoms with van der Waals surface area (Å²) in [6.45, 7) is 0. The minimum absolute atomic E-state index is 0.193. The first-order valence-corrected chi connectivity index (χ1v) is 4.53. The lowest BCUT2D eigenvalue weighted by Gasteiger charge is -2.16. The Morgan fingerprint density at radius 2 is 2.42 bits per heavy atom. The molecular formula is C9H10N2S. The Kier molecular flexibility index (Phi) is 2.04. The molecule has 2 rings (SSSR count). The highest BCUT2D eigenvalue weighted by atomic mass is 32.1. The summed E-state index contributed by atoms with van der Waals surface area (Å²) in [5.41, 5.74) is 1.11. The van der Waals surface area contributed by atoms with Crippen molar-refractivity contribution in [1.82, 2.24) is 5.32 Å². The van der Waals surface area contributed by atoms with Crippen molar-refractivity contribution in [2.75, 3.05) is 5.75 Å². The van der Waals surface area contributed by atoms with E-state index in [1.54, 1.807) is 0 Å². The Bertz CT molecular complexity index is 300. The molecule has 0 fully saturated rings. The summed E-state index contributed by atoms with van der Waals surface area (Å²) in [5, 5.41) is 3.18. The van der Waals surface area contributed by atoms with E-state index in [1.165, 1.54) is 0 Å². The molecule has 62 valence electrons. The van der Waals surface area contributed by atoms with Crippen LogP contribution in [0.1, 0.15) is 0 Å². The zero-order chi connectivity index (χ0) is 8.39. The van der Waals surface area contributed by atoms with Crippen molar-refractivity contribution < 1.29 is 0 Å². The van der Waals surface area contributed by atoms with E-state index in [-0.39, 0.29) is 6.04 Å². The highest BCUT2D eigenvalue weighted by Gasteiger charge is 2.10. The van der Waals surface area contributed by atoms with Gasteiger partial charge in [-0.05, 0) is 12.2 Å². The first-order valence-electron chi connectivity index (χ1n) is 3.90. The first kappa shape index (κ1) is 7.68. The number of thiol groups is 1. The second-order valence-electron chi connectivity index (χ2n) is 2.72. The fourth-order valence-electron chi connectivity index (χ4n) is 1.26. The van der Waals surface area contributed by atoms with Crippen LogP contribution in [-0.2, 0) is 0 Å². The van der Waals surface area contributed by atoms with Crippen LogP contribution in [0.2, 0.25) is 0 Å². The molecule has 3 heteroatoms. The van der Waals surface area contributed by atoms with Gasteiger partial charge in [-0.3, -0.25) is 4.99 Å². The second kappa shape index (κ2) is 3.19. The van der Waals surface area contributed by atoms with Crippen LogP contribution in [0, 0.1) is 0 Å². The normalized spacial score (nSPS) is 25.6. The Balaban J connectivity index is 2.28. The number of hydrogen-bond donors (Lipinski definition) is 2. The number of aliphatic imine (C=N–C) groups is 1. The average Bonchev–Trinajstić information content (AvgIpc) is 2.27. The lowest BCUT2D eigenvalue weighted by Crippen LogP contribution is -2.29. The summed E-state index contributed by atoms with van der Waals surface area (Å²) in [7, 11) is 0. The predicted octanol–water partition coefficient (Wildman–Crippen LogP) is 1.30. The predicted molar refractivity (Wildman–Crippen MR) is 54.6 cm³/mol. The molecule has 0 aromatic heterocycles. The van der Waals surface area contributed by atoms with Crippen molar-refractivity contribution in [2.24, 2.45) is 4.99 Å². The number of fused-ring (bicyclic) bond motifs is 1. The fourth-order valence-corrected chi connectivity index (χ4v) is 1.42. The van der Waals surface area contributed by atoms with Crippen molar-refractivity contribution in [2.45, 2.75) is 6.04 Å². The Morgan fingerprint density at radius 3 is 3.25 bits per heavy atom. The van der Waals surface area contributed by atoms with Crippen molar-refractivity contribution in [3.05, 3.63) is 36.1 Å². The topological polar surface area (TPSA) is 24.4 Å². The molecule has 0 amide bonds. The molecule has 1 heterocycles. The third kappa shape index (κ3) is 1.46. The monoisotopic (exact) mass is 178 g/mol. The number of amidine groups is 1. The van der Waals surface area contributed by atoms with E-state index in [0.717, 1.165) is 11.5 Å². The molecule has 0 spiro atoms.